The van der Waals surface area contributed by atoms with Crippen molar-refractivity contribution in [1.29, 1.82) is 0 Å². The van der Waals surface area contributed by atoms with Crippen LogP contribution in [-0.4, -0.2) is 20.6 Å². The topological polar surface area (TPSA) is 42.2 Å². The van der Waals surface area contributed by atoms with Crippen LogP contribution in [0.2, 0.25) is 0 Å². The lowest BCUT2D eigenvalue weighted by Gasteiger charge is -2.13. The first-order chi connectivity index (χ1) is 9.15. The number of terminal acetylenes is 1. The van der Waals surface area contributed by atoms with Gasteiger partial charge in [-0.25, -0.2) is 9.50 Å². The van der Waals surface area contributed by atoms with E-state index in [1.807, 2.05) is 10.7 Å². The van der Waals surface area contributed by atoms with E-state index in [1.165, 1.54) is 0 Å². The van der Waals surface area contributed by atoms with Crippen molar-refractivity contribution in [1.82, 2.24) is 14.6 Å². The van der Waals surface area contributed by atoms with E-state index in [2.05, 4.69) is 48.2 Å². The Hall–Kier alpha value is -2.02. The third-order valence-corrected chi connectivity index (χ3v) is 3.09. The molecule has 2 rings (SSSR count). The Labute approximate surface area is 114 Å². The zero-order chi connectivity index (χ0) is 13.8. The second-order valence-corrected chi connectivity index (χ2v) is 4.98. The lowest BCUT2D eigenvalue weighted by atomic mass is 10.1. The minimum atomic E-state index is 0.0149. The Balaban J connectivity index is 2.35. The van der Waals surface area contributed by atoms with Gasteiger partial charge < -0.3 is 5.32 Å². The first-order valence-corrected chi connectivity index (χ1v) is 6.72. The van der Waals surface area contributed by atoms with Crippen molar-refractivity contribution in [3.63, 3.8) is 0 Å². The average Bonchev–Trinajstić information content (AvgIpc) is 2.83. The number of anilines is 1. The number of nitrogens with zero attached hydrogens (tertiary/aromatic N) is 3. The van der Waals surface area contributed by atoms with Gasteiger partial charge in [-0.2, -0.15) is 5.10 Å². The molecule has 0 aromatic carbocycles. The monoisotopic (exact) mass is 256 g/mol. The molecule has 0 aliphatic heterocycles. The standard InChI is InChI=1S/C15H20N4/c1-5-7-12(6-2)17-15-14-10-13(11(3)4)18-19(14)9-8-16-15/h2,8-12H,5,7H2,1,3-4H3,(H,16,17). The molecule has 0 amide bonds. The van der Waals surface area contributed by atoms with E-state index >= 15 is 0 Å². The first-order valence-electron chi connectivity index (χ1n) is 6.72. The van der Waals surface area contributed by atoms with Gasteiger partial charge in [0, 0.05) is 12.4 Å². The van der Waals surface area contributed by atoms with Crippen LogP contribution in [0.3, 0.4) is 0 Å². The highest BCUT2D eigenvalue weighted by molar-refractivity contribution is 5.68. The summed E-state index contributed by atoms with van der Waals surface area (Å²) in [6.45, 7) is 6.38. The summed E-state index contributed by atoms with van der Waals surface area (Å²) in [6, 6.07) is 2.08. The number of aromatic nitrogens is 3. The van der Waals surface area contributed by atoms with E-state index in [4.69, 9.17) is 6.42 Å². The molecule has 4 nitrogen and oxygen atoms in total. The summed E-state index contributed by atoms with van der Waals surface area (Å²) in [7, 11) is 0. The summed E-state index contributed by atoms with van der Waals surface area (Å²) in [5, 5.41) is 7.85. The maximum Gasteiger partial charge on any atom is 0.153 e. The quantitative estimate of drug-likeness (QED) is 0.836. The fourth-order valence-electron chi connectivity index (χ4n) is 1.99. The Morgan fingerprint density at radius 1 is 1.47 bits per heavy atom. The molecule has 0 fully saturated rings. The molecule has 2 aromatic heterocycles. The number of hydrogen-bond acceptors (Lipinski definition) is 3. The summed E-state index contributed by atoms with van der Waals surface area (Å²) in [5.74, 6) is 3.96. The molecule has 1 unspecified atom stereocenters. The van der Waals surface area contributed by atoms with Crippen LogP contribution in [0.5, 0.6) is 0 Å². The molecule has 4 heteroatoms. The number of fused-ring (bicyclic) bond motifs is 1. The fourth-order valence-corrected chi connectivity index (χ4v) is 1.99. The van der Waals surface area contributed by atoms with E-state index in [0.717, 1.165) is 29.9 Å². The molecule has 19 heavy (non-hydrogen) atoms. The predicted octanol–water partition coefficient (Wildman–Crippen LogP) is 3.07. The molecule has 0 bridgehead atoms. The van der Waals surface area contributed by atoms with Crippen LogP contribution in [0, 0.1) is 12.3 Å². The van der Waals surface area contributed by atoms with Crippen molar-refractivity contribution in [2.45, 2.75) is 45.6 Å². The van der Waals surface area contributed by atoms with E-state index in [1.54, 1.807) is 6.20 Å². The SMILES string of the molecule is C#CC(CCC)Nc1nccn2nc(C(C)C)cc12. The van der Waals surface area contributed by atoms with E-state index in [9.17, 15) is 0 Å². The van der Waals surface area contributed by atoms with Gasteiger partial charge in [-0.05, 0) is 18.4 Å². The van der Waals surface area contributed by atoms with Gasteiger partial charge in [0.25, 0.3) is 0 Å². The molecule has 2 aromatic rings. The zero-order valence-corrected chi connectivity index (χ0v) is 11.7. The molecule has 0 aliphatic rings. The first kappa shape index (κ1) is 13.4. The average molecular weight is 256 g/mol. The second-order valence-electron chi connectivity index (χ2n) is 4.98. The van der Waals surface area contributed by atoms with E-state index < -0.39 is 0 Å². The molecular formula is C15H20N4. The van der Waals surface area contributed by atoms with Crippen LogP contribution in [0.1, 0.15) is 45.2 Å². The normalized spacial score (nSPS) is 12.6. The van der Waals surface area contributed by atoms with Crippen LogP contribution in [0.4, 0.5) is 5.82 Å². The molecule has 0 radical (unpaired) electrons. The highest BCUT2D eigenvalue weighted by Crippen LogP contribution is 2.20. The van der Waals surface area contributed by atoms with Crippen LogP contribution < -0.4 is 5.32 Å². The third kappa shape index (κ3) is 2.87. The van der Waals surface area contributed by atoms with Gasteiger partial charge in [0.1, 0.15) is 5.52 Å². The molecule has 0 aliphatic carbocycles. The summed E-state index contributed by atoms with van der Waals surface area (Å²) >= 11 is 0. The van der Waals surface area contributed by atoms with Gasteiger partial charge in [0.2, 0.25) is 0 Å². The van der Waals surface area contributed by atoms with Gasteiger partial charge in [-0.3, -0.25) is 0 Å². The molecule has 0 spiro atoms. The number of nitrogens with one attached hydrogen (secondary N) is 1. The molecule has 100 valence electrons. The molecular weight excluding hydrogens is 236 g/mol. The minimum Gasteiger partial charge on any atom is -0.355 e. The molecule has 2 heterocycles. The van der Waals surface area contributed by atoms with Gasteiger partial charge in [0.05, 0.1) is 11.7 Å². The summed E-state index contributed by atoms with van der Waals surface area (Å²) in [6.07, 6.45) is 11.1. The van der Waals surface area contributed by atoms with E-state index in [0.29, 0.717) is 5.92 Å². The van der Waals surface area contributed by atoms with Crippen LogP contribution in [0.15, 0.2) is 18.5 Å². The van der Waals surface area contributed by atoms with Gasteiger partial charge in [-0.1, -0.05) is 33.1 Å². The van der Waals surface area contributed by atoms with Crippen molar-refractivity contribution in [2.24, 2.45) is 0 Å². The Morgan fingerprint density at radius 3 is 2.89 bits per heavy atom. The molecule has 1 atom stereocenters. The largest absolute Gasteiger partial charge is 0.355 e. The molecule has 1 N–H and O–H groups in total. The van der Waals surface area contributed by atoms with Crippen molar-refractivity contribution >= 4 is 11.3 Å². The smallest absolute Gasteiger partial charge is 0.153 e. The van der Waals surface area contributed by atoms with Crippen LogP contribution in [0.25, 0.3) is 5.52 Å². The lowest BCUT2D eigenvalue weighted by molar-refractivity contribution is 0.751. The fraction of sp³-hybridized carbons (Fsp3) is 0.467. The third-order valence-electron chi connectivity index (χ3n) is 3.09. The van der Waals surface area contributed by atoms with E-state index in [-0.39, 0.29) is 6.04 Å². The summed E-state index contributed by atoms with van der Waals surface area (Å²) in [4.78, 5) is 4.38. The Bertz CT molecular complexity index is 592. The second kappa shape index (κ2) is 5.75. The molecule has 0 saturated heterocycles. The van der Waals surface area contributed by atoms with Crippen LogP contribution >= 0.6 is 0 Å². The van der Waals surface area contributed by atoms with Gasteiger partial charge in [-0.15, -0.1) is 6.42 Å². The Morgan fingerprint density at radius 2 is 2.26 bits per heavy atom. The van der Waals surface area contributed by atoms with Crippen molar-refractivity contribution in [3.05, 3.63) is 24.2 Å². The molecule has 0 saturated carbocycles. The van der Waals surface area contributed by atoms with Crippen molar-refractivity contribution < 1.29 is 0 Å². The predicted molar refractivity (Wildman–Crippen MR) is 78.2 cm³/mol. The lowest BCUT2D eigenvalue weighted by Crippen LogP contribution is -2.18. The number of hydrogen-bond donors (Lipinski definition) is 1. The maximum absolute atomic E-state index is 5.54. The van der Waals surface area contributed by atoms with Gasteiger partial charge in [0.15, 0.2) is 5.82 Å². The highest BCUT2D eigenvalue weighted by atomic mass is 15.2. The highest BCUT2D eigenvalue weighted by Gasteiger charge is 2.12. The van der Waals surface area contributed by atoms with Crippen molar-refractivity contribution in [3.8, 4) is 12.3 Å². The summed E-state index contributed by atoms with van der Waals surface area (Å²) in [5.41, 5.74) is 2.03. The van der Waals surface area contributed by atoms with Crippen molar-refractivity contribution in [2.75, 3.05) is 5.32 Å². The summed E-state index contributed by atoms with van der Waals surface area (Å²) < 4.78 is 1.85. The minimum absolute atomic E-state index is 0.0149. The number of rotatable bonds is 5. The van der Waals surface area contributed by atoms with Gasteiger partial charge >= 0.3 is 0 Å². The maximum atomic E-state index is 5.54. The Kier molecular flexibility index (Phi) is 4.06. The zero-order valence-electron chi connectivity index (χ0n) is 11.7. The van der Waals surface area contributed by atoms with Crippen LogP contribution in [-0.2, 0) is 0 Å².